The van der Waals surface area contributed by atoms with Gasteiger partial charge in [0.2, 0.25) is 17.6 Å². The van der Waals surface area contributed by atoms with Crippen molar-refractivity contribution >= 4 is 46.4 Å². The topological polar surface area (TPSA) is 109 Å². The van der Waals surface area contributed by atoms with E-state index in [0.29, 0.717) is 55.3 Å². The molecule has 7 rings (SSSR count). The Hall–Kier alpha value is -5.35. The molecule has 52 heavy (non-hydrogen) atoms. The molecule has 1 saturated heterocycles. The molecule has 3 aliphatic heterocycles. The van der Waals surface area contributed by atoms with Crippen molar-refractivity contribution in [2.45, 2.75) is 78.6 Å². The van der Waals surface area contributed by atoms with Gasteiger partial charge in [-0.25, -0.2) is 9.78 Å². The Morgan fingerprint density at radius 3 is 2.44 bits per heavy atom. The molecular weight excluding hydrogens is 656 g/mol. The predicted molar refractivity (Wildman–Crippen MR) is 200 cm³/mol. The summed E-state index contributed by atoms with van der Waals surface area (Å²) in [5.74, 6) is -0.434. The van der Waals surface area contributed by atoms with Crippen molar-refractivity contribution in [1.29, 1.82) is 0 Å². The Kier molecular flexibility index (Phi) is 9.44. The molecule has 0 aliphatic carbocycles. The number of rotatable bonds is 5. The number of allylic oxidation sites excluding steroid dienone is 1. The molecule has 10 heteroatoms. The molecule has 4 aromatic rings. The highest BCUT2D eigenvalue weighted by Crippen LogP contribution is 2.37. The van der Waals surface area contributed by atoms with E-state index < -0.39 is 5.60 Å². The van der Waals surface area contributed by atoms with Gasteiger partial charge in [-0.2, -0.15) is 0 Å². The van der Waals surface area contributed by atoms with Gasteiger partial charge in [0.15, 0.2) is 0 Å². The maximum atomic E-state index is 13.6. The van der Waals surface area contributed by atoms with Crippen molar-refractivity contribution < 1.29 is 28.7 Å². The summed E-state index contributed by atoms with van der Waals surface area (Å²) in [5, 5.41) is 0.890. The molecular formula is C42H44N4O6. The zero-order chi connectivity index (χ0) is 36.7. The van der Waals surface area contributed by atoms with Gasteiger partial charge < -0.3 is 19.3 Å². The Balaban J connectivity index is 1.33. The number of para-hydroxylation sites is 1. The van der Waals surface area contributed by atoms with Crippen LogP contribution in [-0.2, 0) is 38.6 Å². The van der Waals surface area contributed by atoms with E-state index in [2.05, 4.69) is 24.3 Å². The zero-order valence-corrected chi connectivity index (χ0v) is 30.4. The summed E-state index contributed by atoms with van der Waals surface area (Å²) < 4.78 is 11.5. The number of Topliss-reactive ketones (excluding diaryl/α,β-unsaturated/α-hetero) is 1. The van der Waals surface area contributed by atoms with E-state index in [1.165, 1.54) is 17.4 Å². The van der Waals surface area contributed by atoms with E-state index >= 15 is 0 Å². The molecule has 268 valence electrons. The minimum Gasteiger partial charge on any atom is -0.444 e. The van der Waals surface area contributed by atoms with E-state index in [1.54, 1.807) is 31.2 Å². The maximum Gasteiger partial charge on any atom is 0.410 e. The second-order valence-electron chi connectivity index (χ2n) is 14.8. The molecule has 0 N–H and O–H groups in total. The van der Waals surface area contributed by atoms with E-state index in [4.69, 9.17) is 14.5 Å². The lowest BCUT2D eigenvalue weighted by molar-refractivity contribution is -0.129. The Morgan fingerprint density at radius 1 is 0.942 bits per heavy atom. The van der Waals surface area contributed by atoms with Crippen LogP contribution >= 0.6 is 0 Å². The summed E-state index contributed by atoms with van der Waals surface area (Å²) in [4.78, 5) is 62.3. The quantitative estimate of drug-likeness (QED) is 0.201. The van der Waals surface area contributed by atoms with Crippen LogP contribution in [0.3, 0.4) is 0 Å². The molecule has 1 fully saturated rings. The van der Waals surface area contributed by atoms with Gasteiger partial charge in [0, 0.05) is 63.7 Å². The van der Waals surface area contributed by atoms with Crippen LogP contribution in [0.1, 0.15) is 80.2 Å². The smallest absolute Gasteiger partial charge is 0.410 e. The SMILES string of the molecule is CC(=O)N1CCc2cc(-c3cc(/C=C4/C(=O)c5ccccc5N4C(C)=O)nc4ccc(CN(C(=O)OC(C)(C)C)C5CCOCC5)cc34)ccc2C1. The van der Waals surface area contributed by atoms with Crippen molar-refractivity contribution in [2.24, 2.45) is 0 Å². The number of carbonyl (C=O) groups excluding carboxylic acids is 4. The van der Waals surface area contributed by atoms with Crippen molar-refractivity contribution in [2.75, 3.05) is 24.7 Å². The molecule has 3 amide bonds. The number of nitrogens with zero attached hydrogens (tertiary/aromatic N) is 4. The molecule has 0 atom stereocenters. The average molecular weight is 701 g/mol. The molecule has 0 bridgehead atoms. The lowest BCUT2D eigenvalue weighted by Gasteiger charge is -2.35. The number of ether oxygens (including phenoxy) is 2. The molecule has 3 aromatic carbocycles. The highest BCUT2D eigenvalue weighted by molar-refractivity contribution is 6.26. The number of hydrogen-bond acceptors (Lipinski definition) is 7. The summed E-state index contributed by atoms with van der Waals surface area (Å²) in [6.07, 6.45) is 3.54. The predicted octanol–water partition coefficient (Wildman–Crippen LogP) is 7.31. The maximum absolute atomic E-state index is 13.6. The zero-order valence-electron chi connectivity index (χ0n) is 30.4. The van der Waals surface area contributed by atoms with Crippen LogP contribution in [-0.4, -0.2) is 69.9 Å². The Morgan fingerprint density at radius 2 is 1.71 bits per heavy atom. The third kappa shape index (κ3) is 7.08. The monoisotopic (exact) mass is 700 g/mol. The molecule has 0 radical (unpaired) electrons. The third-order valence-corrected chi connectivity index (χ3v) is 9.94. The van der Waals surface area contributed by atoms with Crippen LogP contribution in [0.2, 0.25) is 0 Å². The van der Waals surface area contributed by atoms with Gasteiger partial charge in [0.1, 0.15) is 5.60 Å². The van der Waals surface area contributed by atoms with Crippen LogP contribution in [0, 0.1) is 0 Å². The summed E-state index contributed by atoms with van der Waals surface area (Å²) in [5.41, 5.74) is 6.99. The van der Waals surface area contributed by atoms with Crippen molar-refractivity contribution in [3.63, 3.8) is 0 Å². The van der Waals surface area contributed by atoms with Crippen molar-refractivity contribution in [3.05, 3.63) is 100 Å². The van der Waals surface area contributed by atoms with Crippen LogP contribution in [0.25, 0.3) is 28.1 Å². The average Bonchev–Trinajstić information content (AvgIpc) is 3.40. The van der Waals surface area contributed by atoms with Gasteiger partial charge in [-0.15, -0.1) is 0 Å². The highest BCUT2D eigenvalue weighted by Gasteiger charge is 2.35. The molecule has 10 nitrogen and oxygen atoms in total. The first-order valence-corrected chi connectivity index (χ1v) is 17.9. The van der Waals surface area contributed by atoms with Gasteiger partial charge in [0.25, 0.3) is 0 Å². The summed E-state index contributed by atoms with van der Waals surface area (Å²) in [6.45, 7) is 11.4. The normalized spacial score (nSPS) is 16.9. The molecule has 4 heterocycles. The lowest BCUT2D eigenvalue weighted by Crippen LogP contribution is -2.45. The Labute approximate surface area is 304 Å². The fraction of sp³-hybridized carbons (Fsp3) is 0.357. The number of pyridine rings is 1. The largest absolute Gasteiger partial charge is 0.444 e. The van der Waals surface area contributed by atoms with Crippen LogP contribution in [0.5, 0.6) is 0 Å². The molecule has 1 aromatic heterocycles. The van der Waals surface area contributed by atoms with E-state index in [1.807, 2.05) is 54.8 Å². The van der Waals surface area contributed by atoms with Gasteiger partial charge >= 0.3 is 6.09 Å². The van der Waals surface area contributed by atoms with E-state index in [-0.39, 0.29) is 35.4 Å². The second-order valence-corrected chi connectivity index (χ2v) is 14.8. The number of hydrogen-bond donors (Lipinski definition) is 0. The number of benzene rings is 3. The van der Waals surface area contributed by atoms with Crippen LogP contribution < -0.4 is 4.90 Å². The lowest BCUT2D eigenvalue weighted by atomic mass is 9.92. The first kappa shape index (κ1) is 35.1. The first-order valence-electron chi connectivity index (χ1n) is 17.9. The minimum absolute atomic E-state index is 0.0154. The van der Waals surface area contributed by atoms with Gasteiger partial charge in [-0.05, 0) is 104 Å². The van der Waals surface area contributed by atoms with Crippen molar-refractivity contribution in [1.82, 2.24) is 14.8 Å². The minimum atomic E-state index is -0.639. The number of ketones is 1. The fourth-order valence-electron chi connectivity index (χ4n) is 7.39. The summed E-state index contributed by atoms with van der Waals surface area (Å²) in [7, 11) is 0. The third-order valence-electron chi connectivity index (χ3n) is 9.94. The van der Waals surface area contributed by atoms with E-state index in [0.717, 1.165) is 46.9 Å². The van der Waals surface area contributed by atoms with Crippen LogP contribution in [0.4, 0.5) is 10.5 Å². The molecule has 3 aliphatic rings. The van der Waals surface area contributed by atoms with Crippen molar-refractivity contribution in [3.8, 4) is 11.1 Å². The highest BCUT2D eigenvalue weighted by atomic mass is 16.6. The van der Waals surface area contributed by atoms with E-state index in [9.17, 15) is 19.2 Å². The number of carbonyl (C=O) groups is 4. The molecule has 0 saturated carbocycles. The van der Waals surface area contributed by atoms with Gasteiger partial charge in [-0.1, -0.05) is 36.4 Å². The standard InChI is InChI=1S/C42H44N4O6/c1-26(47)44-17-14-29-21-30(11-12-31(29)25-44)35-22-32(23-39-40(49)34-8-6-7-9-38(34)46(39)27(2)48)43-37-13-10-28(20-36(35)37)24-45(33-15-18-51-19-16-33)41(50)52-42(3,4)5/h6-13,20-23,33H,14-19,24-25H2,1-5H3/b39-23-. The van der Waals surface area contributed by atoms with Gasteiger partial charge in [0.05, 0.1) is 22.6 Å². The summed E-state index contributed by atoms with van der Waals surface area (Å²) >= 11 is 0. The number of fused-ring (bicyclic) bond motifs is 3. The number of aromatic nitrogens is 1. The molecule has 0 unspecified atom stereocenters. The molecule has 0 spiro atoms. The Bertz CT molecular complexity index is 2130. The van der Waals surface area contributed by atoms with Crippen LogP contribution in [0.15, 0.2) is 72.4 Å². The first-order chi connectivity index (χ1) is 24.9. The number of amides is 3. The second kappa shape index (κ2) is 14.0. The fourth-order valence-corrected chi connectivity index (χ4v) is 7.39. The number of anilines is 1. The van der Waals surface area contributed by atoms with Gasteiger partial charge in [-0.3, -0.25) is 19.3 Å². The summed E-state index contributed by atoms with van der Waals surface area (Å²) in [6, 6.07) is 21.4.